The van der Waals surface area contributed by atoms with E-state index >= 15 is 0 Å². The SMILES string of the molecule is CCC[C@@H](C(=O)O)N1C(=O)[C@H]2C[C@@H]3CCCC[C@@H]3N2C(=O)[C@@H]1C. The van der Waals surface area contributed by atoms with Crippen molar-refractivity contribution >= 4 is 17.8 Å². The van der Waals surface area contributed by atoms with Gasteiger partial charge >= 0.3 is 5.97 Å². The summed E-state index contributed by atoms with van der Waals surface area (Å²) in [5.74, 6) is -0.828. The molecule has 3 rings (SSSR count). The zero-order chi connectivity index (χ0) is 16.7. The number of aliphatic carboxylic acids is 1. The highest BCUT2D eigenvalue weighted by molar-refractivity contribution is 5.99. The monoisotopic (exact) mass is 322 g/mol. The van der Waals surface area contributed by atoms with Crippen molar-refractivity contribution in [1.29, 1.82) is 0 Å². The van der Waals surface area contributed by atoms with Gasteiger partial charge in [-0.2, -0.15) is 0 Å². The molecule has 1 N–H and O–H groups in total. The predicted octanol–water partition coefficient (Wildman–Crippen LogP) is 1.63. The van der Waals surface area contributed by atoms with E-state index in [4.69, 9.17) is 0 Å². The summed E-state index contributed by atoms with van der Waals surface area (Å²) in [6, 6.07) is -1.82. The third-order valence-electron chi connectivity index (χ3n) is 5.84. The van der Waals surface area contributed by atoms with Gasteiger partial charge in [-0.3, -0.25) is 9.59 Å². The zero-order valence-corrected chi connectivity index (χ0v) is 13.9. The average Bonchev–Trinajstić information content (AvgIpc) is 2.91. The Bertz CT molecular complexity index is 521. The lowest BCUT2D eigenvalue weighted by atomic mass is 9.85. The number of hydrogen-bond donors (Lipinski definition) is 1. The summed E-state index contributed by atoms with van der Waals surface area (Å²) in [5, 5.41) is 9.51. The second kappa shape index (κ2) is 6.13. The molecule has 23 heavy (non-hydrogen) atoms. The number of rotatable bonds is 4. The molecule has 0 bridgehead atoms. The quantitative estimate of drug-likeness (QED) is 0.853. The molecule has 0 spiro atoms. The first-order chi connectivity index (χ1) is 11.0. The van der Waals surface area contributed by atoms with Gasteiger partial charge in [0.15, 0.2) is 0 Å². The molecule has 128 valence electrons. The molecule has 2 amide bonds. The molecule has 6 nitrogen and oxygen atoms in total. The van der Waals surface area contributed by atoms with E-state index in [9.17, 15) is 19.5 Å². The molecular weight excluding hydrogens is 296 g/mol. The summed E-state index contributed by atoms with van der Waals surface area (Å²) in [6.45, 7) is 3.57. The maximum atomic E-state index is 13.0. The number of nitrogens with zero attached hydrogens (tertiary/aromatic N) is 2. The first-order valence-corrected chi connectivity index (χ1v) is 8.84. The van der Waals surface area contributed by atoms with Crippen molar-refractivity contribution in [3.63, 3.8) is 0 Å². The average molecular weight is 322 g/mol. The van der Waals surface area contributed by atoms with Crippen LogP contribution >= 0.6 is 0 Å². The van der Waals surface area contributed by atoms with Gasteiger partial charge in [-0.15, -0.1) is 0 Å². The van der Waals surface area contributed by atoms with Crippen LogP contribution in [0.1, 0.15) is 58.8 Å². The molecule has 0 unspecified atom stereocenters. The van der Waals surface area contributed by atoms with Gasteiger partial charge < -0.3 is 14.9 Å². The van der Waals surface area contributed by atoms with Gasteiger partial charge in [0.05, 0.1) is 0 Å². The maximum Gasteiger partial charge on any atom is 0.326 e. The summed E-state index contributed by atoms with van der Waals surface area (Å²) in [7, 11) is 0. The van der Waals surface area contributed by atoms with Crippen molar-refractivity contribution in [3.05, 3.63) is 0 Å². The van der Waals surface area contributed by atoms with Crippen LogP contribution in [0, 0.1) is 5.92 Å². The van der Waals surface area contributed by atoms with Crippen LogP contribution < -0.4 is 0 Å². The number of carbonyl (C=O) groups is 3. The molecule has 0 radical (unpaired) electrons. The van der Waals surface area contributed by atoms with Crippen molar-refractivity contribution in [3.8, 4) is 0 Å². The van der Waals surface area contributed by atoms with Gasteiger partial charge in [0.1, 0.15) is 18.1 Å². The fraction of sp³-hybridized carbons (Fsp3) is 0.824. The Morgan fingerprint density at radius 3 is 2.61 bits per heavy atom. The number of carboxylic acids is 1. The van der Waals surface area contributed by atoms with Crippen molar-refractivity contribution < 1.29 is 19.5 Å². The topological polar surface area (TPSA) is 77.9 Å². The number of amides is 2. The highest BCUT2D eigenvalue weighted by atomic mass is 16.4. The summed E-state index contributed by atoms with van der Waals surface area (Å²) in [6.07, 6.45) is 6.08. The summed E-state index contributed by atoms with van der Waals surface area (Å²) in [4.78, 5) is 40.7. The summed E-state index contributed by atoms with van der Waals surface area (Å²) in [5.41, 5.74) is 0. The molecule has 3 aliphatic rings. The first-order valence-electron chi connectivity index (χ1n) is 8.84. The fourth-order valence-corrected chi connectivity index (χ4v) is 4.77. The van der Waals surface area contributed by atoms with E-state index in [1.165, 1.54) is 4.90 Å². The molecule has 2 heterocycles. The van der Waals surface area contributed by atoms with Crippen LogP contribution in [0.25, 0.3) is 0 Å². The Kier molecular flexibility index (Phi) is 4.34. The van der Waals surface area contributed by atoms with E-state index in [2.05, 4.69) is 0 Å². The fourth-order valence-electron chi connectivity index (χ4n) is 4.77. The highest BCUT2D eigenvalue weighted by Gasteiger charge is 2.55. The van der Waals surface area contributed by atoms with Crippen molar-refractivity contribution in [2.24, 2.45) is 5.92 Å². The van der Waals surface area contributed by atoms with Gasteiger partial charge in [-0.05, 0) is 38.5 Å². The third kappa shape index (κ3) is 2.52. The van der Waals surface area contributed by atoms with E-state index in [1.54, 1.807) is 11.8 Å². The molecule has 0 aromatic carbocycles. The molecule has 6 heteroatoms. The highest BCUT2D eigenvalue weighted by Crippen LogP contribution is 2.43. The lowest BCUT2D eigenvalue weighted by molar-refractivity contribution is -0.168. The second-order valence-electron chi connectivity index (χ2n) is 7.17. The minimum absolute atomic E-state index is 0.0636. The molecular formula is C17H26N2O4. The molecule has 0 aromatic rings. The molecule has 5 atom stereocenters. The van der Waals surface area contributed by atoms with Crippen LogP contribution in [0.15, 0.2) is 0 Å². The first kappa shape index (κ1) is 16.3. The van der Waals surface area contributed by atoms with Crippen LogP contribution in [0.5, 0.6) is 0 Å². The number of carboxylic acid groups (broad SMARTS) is 1. The number of piperazine rings is 1. The van der Waals surface area contributed by atoms with E-state index in [0.717, 1.165) is 25.7 Å². The number of hydrogen-bond acceptors (Lipinski definition) is 3. The normalized spacial score (nSPS) is 35.0. The summed E-state index contributed by atoms with van der Waals surface area (Å²) >= 11 is 0. The van der Waals surface area contributed by atoms with Gasteiger partial charge in [0, 0.05) is 6.04 Å². The largest absolute Gasteiger partial charge is 0.480 e. The Balaban J connectivity index is 1.90. The standard InChI is InChI=1S/C17H26N2O4/c1-3-6-13(17(22)23)18-10(2)15(20)19-12-8-5-4-7-11(12)9-14(19)16(18)21/h10-14H,3-9H2,1-2H3,(H,22,23)/t10-,11-,12-,13-,14+/m0/s1. The third-order valence-corrected chi connectivity index (χ3v) is 5.84. The predicted molar refractivity (Wildman–Crippen MR) is 83.6 cm³/mol. The Morgan fingerprint density at radius 2 is 1.96 bits per heavy atom. The van der Waals surface area contributed by atoms with Crippen LogP contribution in [0.4, 0.5) is 0 Å². The Labute approximate surface area is 136 Å². The Morgan fingerprint density at radius 1 is 1.26 bits per heavy atom. The van der Waals surface area contributed by atoms with E-state index in [1.807, 2.05) is 6.92 Å². The Hall–Kier alpha value is -1.59. The minimum Gasteiger partial charge on any atom is -0.480 e. The van der Waals surface area contributed by atoms with Crippen LogP contribution in [-0.2, 0) is 14.4 Å². The van der Waals surface area contributed by atoms with Gasteiger partial charge in [0.2, 0.25) is 11.8 Å². The van der Waals surface area contributed by atoms with E-state index in [-0.39, 0.29) is 17.9 Å². The van der Waals surface area contributed by atoms with Crippen LogP contribution in [0.2, 0.25) is 0 Å². The molecule has 2 aliphatic heterocycles. The minimum atomic E-state index is -1.01. The van der Waals surface area contributed by atoms with Crippen LogP contribution in [-0.4, -0.2) is 56.9 Å². The molecule has 3 fully saturated rings. The second-order valence-corrected chi connectivity index (χ2v) is 7.17. The van der Waals surface area contributed by atoms with E-state index in [0.29, 0.717) is 25.2 Å². The summed E-state index contributed by atoms with van der Waals surface area (Å²) < 4.78 is 0. The lowest BCUT2D eigenvalue weighted by Gasteiger charge is -2.45. The van der Waals surface area contributed by atoms with Crippen LogP contribution in [0.3, 0.4) is 0 Å². The van der Waals surface area contributed by atoms with Crippen molar-refractivity contribution in [1.82, 2.24) is 9.80 Å². The smallest absolute Gasteiger partial charge is 0.326 e. The molecule has 2 saturated heterocycles. The molecule has 1 saturated carbocycles. The zero-order valence-electron chi connectivity index (χ0n) is 13.9. The number of fused-ring (bicyclic) bond motifs is 3. The van der Waals surface area contributed by atoms with Gasteiger partial charge in [0.25, 0.3) is 0 Å². The van der Waals surface area contributed by atoms with Gasteiger partial charge in [-0.25, -0.2) is 4.79 Å². The molecule has 0 aromatic heterocycles. The molecule has 1 aliphatic carbocycles. The van der Waals surface area contributed by atoms with E-state index < -0.39 is 24.1 Å². The number of carbonyl (C=O) groups excluding carboxylic acids is 2. The van der Waals surface area contributed by atoms with Crippen molar-refractivity contribution in [2.75, 3.05) is 0 Å². The van der Waals surface area contributed by atoms with Crippen molar-refractivity contribution in [2.45, 2.75) is 83.0 Å². The van der Waals surface area contributed by atoms with Gasteiger partial charge in [-0.1, -0.05) is 26.2 Å². The lowest BCUT2D eigenvalue weighted by Crippen LogP contribution is -2.66. The maximum absolute atomic E-state index is 13.0.